The van der Waals surface area contributed by atoms with Gasteiger partial charge in [-0.3, -0.25) is 4.55 Å². The molecule has 2 N–H and O–H groups in total. The van der Waals surface area contributed by atoms with E-state index in [2.05, 4.69) is 17.4 Å². The fraction of sp³-hybridized carbons (Fsp3) is 0.0769. The van der Waals surface area contributed by atoms with Crippen LogP contribution >= 0.6 is 0 Å². The fourth-order valence-corrected chi connectivity index (χ4v) is 1.87. The standard InChI is InChI=1S/C7H8O3S.C6H5N/c1-6-2-4-7(5-3-6)11(8,9)10;1-2-4-6-5(3-1)7-6/h2-5H,1H3,(H,8,9,10);1-4,7H. The number of aryl methyl sites for hydroxylation is 1. The molecule has 0 bridgehead atoms. The van der Waals surface area contributed by atoms with Gasteiger partial charge in [-0.25, -0.2) is 0 Å². The molecule has 0 aromatic heterocycles. The van der Waals surface area contributed by atoms with Crippen molar-refractivity contribution in [1.82, 2.24) is 0 Å². The highest BCUT2D eigenvalue weighted by molar-refractivity contribution is 7.85. The molecule has 5 heteroatoms. The molecule has 1 heterocycles. The fourth-order valence-electron chi connectivity index (χ4n) is 1.39. The zero-order valence-electron chi connectivity index (χ0n) is 9.79. The molecule has 4 nitrogen and oxygen atoms in total. The Hall–Kier alpha value is -1.85. The van der Waals surface area contributed by atoms with Gasteiger partial charge in [-0.2, -0.15) is 8.42 Å². The molecule has 0 amide bonds. The first-order valence-electron chi connectivity index (χ1n) is 5.37. The van der Waals surface area contributed by atoms with Gasteiger partial charge in [-0.1, -0.05) is 29.8 Å². The van der Waals surface area contributed by atoms with Crippen LogP contribution in [0.1, 0.15) is 5.56 Å². The van der Waals surface area contributed by atoms with Gasteiger partial charge in [-0.15, -0.1) is 0 Å². The van der Waals surface area contributed by atoms with Gasteiger partial charge in [0.1, 0.15) is 0 Å². The maximum Gasteiger partial charge on any atom is 0.294 e. The van der Waals surface area contributed by atoms with Crippen molar-refractivity contribution in [3.63, 3.8) is 0 Å². The van der Waals surface area contributed by atoms with Crippen LogP contribution in [0, 0.1) is 6.92 Å². The van der Waals surface area contributed by atoms with E-state index in [0.717, 1.165) is 5.56 Å². The molecule has 0 aliphatic carbocycles. The van der Waals surface area contributed by atoms with Crippen LogP contribution in [-0.4, -0.2) is 13.0 Å². The van der Waals surface area contributed by atoms with Crippen LogP contribution in [-0.2, 0) is 10.1 Å². The lowest BCUT2D eigenvalue weighted by Crippen LogP contribution is -1.96. The van der Waals surface area contributed by atoms with E-state index in [1.54, 1.807) is 12.1 Å². The Morgan fingerprint density at radius 1 is 0.944 bits per heavy atom. The van der Waals surface area contributed by atoms with Crippen LogP contribution in [0.3, 0.4) is 0 Å². The average Bonchev–Trinajstić information content (AvgIpc) is 3.08. The molecule has 0 atom stereocenters. The summed E-state index contributed by atoms with van der Waals surface area (Å²) in [5, 5.41) is 3.09. The van der Waals surface area contributed by atoms with Gasteiger partial charge in [0.15, 0.2) is 0 Å². The highest BCUT2D eigenvalue weighted by Crippen LogP contribution is 2.36. The molecule has 0 saturated carbocycles. The number of nitrogens with one attached hydrogen (secondary N) is 1. The lowest BCUT2D eigenvalue weighted by Gasteiger charge is -1.95. The smallest absolute Gasteiger partial charge is 0.294 e. The van der Waals surface area contributed by atoms with Gasteiger partial charge in [0.2, 0.25) is 0 Å². The summed E-state index contributed by atoms with van der Waals surface area (Å²) in [6.45, 7) is 1.84. The van der Waals surface area contributed by atoms with Gasteiger partial charge in [0.05, 0.1) is 16.3 Å². The Balaban J connectivity index is 0.000000146. The minimum atomic E-state index is -4.02. The summed E-state index contributed by atoms with van der Waals surface area (Å²) in [5.41, 5.74) is 3.52. The predicted molar refractivity (Wildman–Crippen MR) is 70.7 cm³/mol. The Morgan fingerprint density at radius 3 is 1.83 bits per heavy atom. The van der Waals surface area contributed by atoms with Crippen molar-refractivity contribution in [2.45, 2.75) is 11.8 Å². The molecule has 0 saturated heterocycles. The van der Waals surface area contributed by atoms with E-state index >= 15 is 0 Å². The molecular weight excluding hydrogens is 250 g/mol. The molecule has 18 heavy (non-hydrogen) atoms. The normalized spacial score (nSPS) is 11.7. The van der Waals surface area contributed by atoms with E-state index in [1.165, 1.54) is 23.5 Å². The summed E-state index contributed by atoms with van der Waals surface area (Å²) in [4.78, 5) is -0.0666. The molecule has 0 spiro atoms. The quantitative estimate of drug-likeness (QED) is 0.522. The molecule has 0 radical (unpaired) electrons. The molecular formula is C13H13NO3S. The number of anilines is 2. The first kappa shape index (κ1) is 12.6. The number of hydrogen-bond donors (Lipinski definition) is 2. The van der Waals surface area contributed by atoms with Gasteiger partial charge in [-0.05, 0) is 31.2 Å². The third kappa shape index (κ3) is 3.32. The minimum absolute atomic E-state index is 0.0666. The highest BCUT2D eigenvalue weighted by atomic mass is 32.2. The molecule has 3 rings (SSSR count). The number of rotatable bonds is 1. The third-order valence-corrected chi connectivity index (χ3v) is 3.32. The molecule has 1 aliphatic heterocycles. The van der Waals surface area contributed by atoms with Crippen LogP contribution in [0.15, 0.2) is 53.4 Å². The molecule has 94 valence electrons. The summed E-state index contributed by atoms with van der Waals surface area (Å²) in [7, 11) is -4.02. The lowest BCUT2D eigenvalue weighted by molar-refractivity contribution is 0.483. The zero-order chi connectivity index (χ0) is 13.2. The minimum Gasteiger partial charge on any atom is -0.352 e. The largest absolute Gasteiger partial charge is 0.352 e. The van der Waals surface area contributed by atoms with Crippen LogP contribution in [0.25, 0.3) is 0 Å². The Morgan fingerprint density at radius 2 is 1.44 bits per heavy atom. The number of para-hydroxylation sites is 2. The van der Waals surface area contributed by atoms with Crippen molar-refractivity contribution in [1.29, 1.82) is 0 Å². The monoisotopic (exact) mass is 263 g/mol. The van der Waals surface area contributed by atoms with Crippen LogP contribution in [0.5, 0.6) is 0 Å². The second kappa shape index (κ2) is 4.80. The maximum absolute atomic E-state index is 10.5. The van der Waals surface area contributed by atoms with Crippen LogP contribution < -0.4 is 5.32 Å². The molecule has 0 fully saturated rings. The van der Waals surface area contributed by atoms with Crippen molar-refractivity contribution < 1.29 is 13.0 Å². The van der Waals surface area contributed by atoms with Crippen molar-refractivity contribution >= 4 is 21.5 Å². The first-order valence-corrected chi connectivity index (χ1v) is 6.81. The number of hydrogen-bond acceptors (Lipinski definition) is 3. The summed E-state index contributed by atoms with van der Waals surface area (Å²) in [6.07, 6.45) is 0. The summed E-state index contributed by atoms with van der Waals surface area (Å²) in [5.74, 6) is 0. The Labute approximate surface area is 106 Å². The van der Waals surface area contributed by atoms with Crippen molar-refractivity contribution in [3.05, 3.63) is 54.1 Å². The zero-order valence-corrected chi connectivity index (χ0v) is 10.6. The van der Waals surface area contributed by atoms with Gasteiger partial charge in [0.25, 0.3) is 10.1 Å². The summed E-state index contributed by atoms with van der Waals surface area (Å²) >= 11 is 0. The second-order valence-corrected chi connectivity index (χ2v) is 5.38. The van der Waals surface area contributed by atoms with E-state index in [4.69, 9.17) is 4.55 Å². The Kier molecular flexibility index (Phi) is 3.36. The molecule has 2 aromatic carbocycles. The lowest BCUT2D eigenvalue weighted by atomic mass is 10.2. The molecule has 0 unspecified atom stereocenters. The Bertz CT molecular complexity index is 627. The topological polar surface area (TPSA) is 76.3 Å². The predicted octanol–water partition coefficient (Wildman–Crippen LogP) is 2.99. The van der Waals surface area contributed by atoms with Gasteiger partial charge in [0, 0.05) is 0 Å². The van der Waals surface area contributed by atoms with E-state index in [0.29, 0.717) is 0 Å². The third-order valence-electron chi connectivity index (χ3n) is 2.45. The number of fused-ring (bicyclic) bond motifs is 1. The summed E-state index contributed by atoms with van der Waals surface area (Å²) < 4.78 is 29.6. The van der Waals surface area contributed by atoms with E-state index < -0.39 is 10.1 Å². The van der Waals surface area contributed by atoms with Crippen molar-refractivity contribution in [2.24, 2.45) is 0 Å². The average molecular weight is 263 g/mol. The van der Waals surface area contributed by atoms with Gasteiger partial charge >= 0.3 is 0 Å². The summed E-state index contributed by atoms with van der Waals surface area (Å²) in [6, 6.07) is 14.2. The molecule has 1 aliphatic rings. The first-order chi connectivity index (χ1) is 8.47. The SMILES string of the molecule is Cc1ccc(S(=O)(=O)O)cc1.c1ccc2c(c1)N2. The highest BCUT2D eigenvalue weighted by Gasteiger charge is 2.10. The maximum atomic E-state index is 10.5. The molecule has 2 aromatic rings. The van der Waals surface area contributed by atoms with E-state index in [9.17, 15) is 8.42 Å². The van der Waals surface area contributed by atoms with Gasteiger partial charge < -0.3 is 5.32 Å². The van der Waals surface area contributed by atoms with Crippen LogP contribution in [0.4, 0.5) is 11.4 Å². The van der Waals surface area contributed by atoms with E-state index in [1.807, 2.05) is 19.1 Å². The number of benzene rings is 2. The van der Waals surface area contributed by atoms with Crippen molar-refractivity contribution in [2.75, 3.05) is 5.32 Å². The van der Waals surface area contributed by atoms with Crippen molar-refractivity contribution in [3.8, 4) is 0 Å². The second-order valence-electron chi connectivity index (χ2n) is 3.96. The van der Waals surface area contributed by atoms with Crippen LogP contribution in [0.2, 0.25) is 0 Å². The van der Waals surface area contributed by atoms with E-state index in [-0.39, 0.29) is 4.90 Å².